The third-order valence-corrected chi connectivity index (χ3v) is 4.23. The zero-order valence-electron chi connectivity index (χ0n) is 10.5. The quantitative estimate of drug-likeness (QED) is 0.855. The fourth-order valence-corrected chi connectivity index (χ4v) is 3.14. The molecular formula is C12H13N3O2S2. The Hall–Kier alpha value is -1.47. The van der Waals surface area contributed by atoms with Crippen molar-refractivity contribution in [2.75, 3.05) is 0 Å². The Bertz CT molecular complexity index is 584. The average molecular weight is 295 g/mol. The summed E-state index contributed by atoms with van der Waals surface area (Å²) in [5.41, 5.74) is 1.57. The van der Waals surface area contributed by atoms with Crippen molar-refractivity contribution in [1.82, 2.24) is 15.0 Å². The van der Waals surface area contributed by atoms with Crippen LogP contribution >= 0.6 is 23.1 Å². The summed E-state index contributed by atoms with van der Waals surface area (Å²) < 4.78 is 0.796. The van der Waals surface area contributed by atoms with Gasteiger partial charge >= 0.3 is 5.97 Å². The second-order valence-electron chi connectivity index (χ2n) is 4.21. The van der Waals surface area contributed by atoms with Crippen LogP contribution in [0.2, 0.25) is 0 Å². The Morgan fingerprint density at radius 2 is 2.26 bits per heavy atom. The van der Waals surface area contributed by atoms with E-state index in [2.05, 4.69) is 28.8 Å². The van der Waals surface area contributed by atoms with E-state index in [1.54, 1.807) is 11.7 Å². The predicted octanol–water partition coefficient (Wildman–Crippen LogP) is 2.83. The first-order valence-electron chi connectivity index (χ1n) is 5.70. The molecule has 2 aromatic rings. The first-order valence-corrected chi connectivity index (χ1v) is 7.40. The van der Waals surface area contributed by atoms with Crippen LogP contribution in [-0.2, 0) is 11.2 Å². The Balaban J connectivity index is 2.10. The molecule has 0 spiro atoms. The highest BCUT2D eigenvalue weighted by molar-refractivity contribution is 8.01. The topological polar surface area (TPSA) is 76.0 Å². The van der Waals surface area contributed by atoms with Crippen LogP contribution in [0.25, 0.3) is 0 Å². The predicted molar refractivity (Wildman–Crippen MR) is 73.7 cm³/mol. The van der Waals surface area contributed by atoms with E-state index in [0.717, 1.165) is 15.1 Å². The molecule has 0 radical (unpaired) electrons. The second kappa shape index (κ2) is 6.12. The number of aliphatic carboxylic acids is 1. The van der Waals surface area contributed by atoms with Gasteiger partial charge in [-0.05, 0) is 23.7 Å². The molecule has 0 amide bonds. The summed E-state index contributed by atoms with van der Waals surface area (Å²) in [6.45, 7) is 4.15. The molecule has 0 saturated heterocycles. The van der Waals surface area contributed by atoms with Crippen molar-refractivity contribution in [2.45, 2.75) is 35.6 Å². The number of carbonyl (C=O) groups is 1. The molecule has 100 valence electrons. The van der Waals surface area contributed by atoms with E-state index in [9.17, 15) is 4.79 Å². The van der Waals surface area contributed by atoms with Gasteiger partial charge in [-0.25, -0.2) is 15.0 Å². The van der Waals surface area contributed by atoms with E-state index in [4.69, 9.17) is 5.11 Å². The Morgan fingerprint density at radius 3 is 2.95 bits per heavy atom. The fraction of sp³-hybridized carbons (Fsp3) is 0.333. The minimum absolute atomic E-state index is 0.0436. The van der Waals surface area contributed by atoms with Crippen LogP contribution in [0.5, 0.6) is 0 Å². The molecule has 0 bridgehead atoms. The number of carboxylic acid groups (broad SMARTS) is 1. The van der Waals surface area contributed by atoms with Crippen molar-refractivity contribution < 1.29 is 9.90 Å². The molecule has 19 heavy (non-hydrogen) atoms. The van der Waals surface area contributed by atoms with Crippen LogP contribution in [-0.4, -0.2) is 26.0 Å². The molecule has 2 rings (SSSR count). The van der Waals surface area contributed by atoms with Gasteiger partial charge in [-0.15, -0.1) is 11.3 Å². The molecule has 0 saturated carbocycles. The van der Waals surface area contributed by atoms with Crippen molar-refractivity contribution in [2.24, 2.45) is 0 Å². The average Bonchev–Trinajstić information content (AvgIpc) is 2.76. The summed E-state index contributed by atoms with van der Waals surface area (Å²) in [7, 11) is 0. The first-order chi connectivity index (χ1) is 9.04. The Labute approximate surface area is 119 Å². The van der Waals surface area contributed by atoms with Crippen LogP contribution in [0.15, 0.2) is 27.1 Å². The number of nitrogens with zero attached hydrogens (tertiary/aromatic N) is 3. The zero-order chi connectivity index (χ0) is 13.8. The van der Waals surface area contributed by atoms with Gasteiger partial charge < -0.3 is 5.11 Å². The maximum absolute atomic E-state index is 10.6. The van der Waals surface area contributed by atoms with Crippen molar-refractivity contribution in [3.63, 3.8) is 0 Å². The summed E-state index contributed by atoms with van der Waals surface area (Å²) >= 11 is 2.86. The minimum Gasteiger partial charge on any atom is -0.481 e. The van der Waals surface area contributed by atoms with E-state index in [1.807, 2.05) is 6.07 Å². The summed E-state index contributed by atoms with van der Waals surface area (Å²) in [4.78, 5) is 23.2. The number of rotatable bonds is 5. The smallest absolute Gasteiger partial charge is 0.309 e. The van der Waals surface area contributed by atoms with Gasteiger partial charge in [-0.2, -0.15) is 0 Å². The third kappa shape index (κ3) is 4.00. The van der Waals surface area contributed by atoms with Gasteiger partial charge in [0.25, 0.3) is 0 Å². The Morgan fingerprint density at radius 1 is 1.47 bits per heavy atom. The molecule has 0 aromatic carbocycles. The van der Waals surface area contributed by atoms with Crippen LogP contribution < -0.4 is 0 Å². The molecule has 0 aliphatic rings. The lowest BCUT2D eigenvalue weighted by molar-refractivity contribution is -0.136. The van der Waals surface area contributed by atoms with Gasteiger partial charge in [0.1, 0.15) is 11.4 Å². The standard InChI is InChI=1S/C12H13N3O2S2/c1-7(2)9-4-10(14-6-13-9)19-12-15-8(5-18-12)3-11(16)17/h4-7H,3H2,1-2H3,(H,16,17). The highest BCUT2D eigenvalue weighted by Crippen LogP contribution is 2.29. The molecule has 0 aliphatic heterocycles. The third-order valence-electron chi connectivity index (χ3n) is 2.31. The molecule has 0 unspecified atom stereocenters. The monoisotopic (exact) mass is 295 g/mol. The van der Waals surface area contributed by atoms with Crippen molar-refractivity contribution >= 4 is 29.1 Å². The normalized spacial score (nSPS) is 10.9. The lowest BCUT2D eigenvalue weighted by atomic mass is 10.1. The van der Waals surface area contributed by atoms with E-state index in [1.165, 1.54) is 23.1 Å². The van der Waals surface area contributed by atoms with Crippen LogP contribution in [0, 0.1) is 0 Å². The highest BCUT2D eigenvalue weighted by Gasteiger charge is 2.09. The second-order valence-corrected chi connectivity index (χ2v) is 6.34. The lowest BCUT2D eigenvalue weighted by Gasteiger charge is -2.04. The number of aromatic nitrogens is 3. The maximum atomic E-state index is 10.6. The highest BCUT2D eigenvalue weighted by atomic mass is 32.2. The van der Waals surface area contributed by atoms with E-state index in [0.29, 0.717) is 11.6 Å². The van der Waals surface area contributed by atoms with Crippen molar-refractivity contribution in [1.29, 1.82) is 0 Å². The molecular weight excluding hydrogens is 282 g/mol. The van der Waals surface area contributed by atoms with Gasteiger partial charge in [-0.3, -0.25) is 4.79 Å². The van der Waals surface area contributed by atoms with Crippen molar-refractivity contribution in [3.05, 3.63) is 29.2 Å². The van der Waals surface area contributed by atoms with Crippen LogP contribution in [0.3, 0.4) is 0 Å². The van der Waals surface area contributed by atoms with Gasteiger partial charge in [0.2, 0.25) is 0 Å². The van der Waals surface area contributed by atoms with E-state index >= 15 is 0 Å². The summed E-state index contributed by atoms with van der Waals surface area (Å²) in [5.74, 6) is -0.521. The van der Waals surface area contributed by atoms with Gasteiger partial charge in [0.15, 0.2) is 4.34 Å². The summed E-state index contributed by atoms with van der Waals surface area (Å²) in [5, 5.41) is 11.3. The molecule has 2 aromatic heterocycles. The molecule has 1 N–H and O–H groups in total. The minimum atomic E-state index is -0.869. The number of thiazole rings is 1. The van der Waals surface area contributed by atoms with Gasteiger partial charge in [-0.1, -0.05) is 13.8 Å². The maximum Gasteiger partial charge on any atom is 0.309 e. The molecule has 0 aliphatic carbocycles. The van der Waals surface area contributed by atoms with Crippen LogP contribution in [0.1, 0.15) is 31.2 Å². The summed E-state index contributed by atoms with van der Waals surface area (Å²) in [6, 6.07) is 1.94. The molecule has 0 fully saturated rings. The van der Waals surface area contributed by atoms with E-state index < -0.39 is 5.97 Å². The number of hydrogen-bond acceptors (Lipinski definition) is 6. The SMILES string of the molecule is CC(C)c1cc(Sc2nc(CC(=O)O)cs2)ncn1. The molecule has 2 heterocycles. The van der Waals surface area contributed by atoms with Crippen molar-refractivity contribution in [3.8, 4) is 0 Å². The van der Waals surface area contributed by atoms with Gasteiger partial charge in [0, 0.05) is 11.1 Å². The first kappa shape index (κ1) is 14.0. The lowest BCUT2D eigenvalue weighted by Crippen LogP contribution is -1.99. The number of carboxylic acids is 1. The number of hydrogen-bond donors (Lipinski definition) is 1. The largest absolute Gasteiger partial charge is 0.481 e. The van der Waals surface area contributed by atoms with Crippen LogP contribution in [0.4, 0.5) is 0 Å². The molecule has 0 atom stereocenters. The van der Waals surface area contributed by atoms with Gasteiger partial charge in [0.05, 0.1) is 12.1 Å². The summed E-state index contributed by atoms with van der Waals surface area (Å²) in [6.07, 6.45) is 1.50. The molecule has 7 heteroatoms. The Kier molecular flexibility index (Phi) is 4.49. The fourth-order valence-electron chi connectivity index (χ4n) is 1.39. The molecule has 5 nitrogen and oxygen atoms in total. The van der Waals surface area contributed by atoms with E-state index in [-0.39, 0.29) is 6.42 Å². The zero-order valence-corrected chi connectivity index (χ0v) is 12.2.